The van der Waals surface area contributed by atoms with Crippen LogP contribution in [0.15, 0.2) is 0 Å². The molecule has 3 nitrogen and oxygen atoms in total. The molecule has 0 unspecified atom stereocenters. The normalized spacial score (nSPS) is 8.83. The van der Waals surface area contributed by atoms with Crippen LogP contribution in [0.3, 0.4) is 0 Å². The van der Waals surface area contributed by atoms with Crippen molar-refractivity contribution in [3.8, 4) is 0 Å². The van der Waals surface area contributed by atoms with Crippen molar-refractivity contribution < 1.29 is 9.36 Å². The fourth-order valence-corrected chi connectivity index (χ4v) is 0.112. The summed E-state index contributed by atoms with van der Waals surface area (Å²) in [6.07, 6.45) is 0. The van der Waals surface area contributed by atoms with E-state index in [0.717, 1.165) is 0 Å². The lowest BCUT2D eigenvalue weighted by Gasteiger charge is -1.70. The van der Waals surface area contributed by atoms with Crippen molar-refractivity contribution in [1.29, 1.82) is 0 Å². The lowest BCUT2D eigenvalue weighted by molar-refractivity contribution is -0.110. The molecule has 0 rings (SSSR count). The summed E-state index contributed by atoms with van der Waals surface area (Å²) in [6, 6.07) is 0. The molecule has 0 radical (unpaired) electrons. The highest BCUT2D eigenvalue weighted by molar-refractivity contribution is 7.46. The van der Waals surface area contributed by atoms with Gasteiger partial charge in [-0.25, -0.2) is 0 Å². The molecule has 0 aromatic heterocycles. The van der Waals surface area contributed by atoms with Gasteiger partial charge >= 0.3 is 0 Å². The van der Waals surface area contributed by atoms with Crippen LogP contribution >= 0.6 is 8.46 Å². The Morgan fingerprint density at radius 3 is 2.33 bits per heavy atom. The van der Waals surface area contributed by atoms with Gasteiger partial charge in [0.15, 0.2) is 0 Å². The highest BCUT2D eigenvalue weighted by Gasteiger charge is 1.89. The van der Waals surface area contributed by atoms with Gasteiger partial charge in [-0.3, -0.25) is 9.36 Å². The summed E-state index contributed by atoms with van der Waals surface area (Å²) in [5, 5.41) is 0. The first-order chi connectivity index (χ1) is 2.81. The van der Waals surface area contributed by atoms with E-state index in [-0.39, 0.29) is 6.54 Å². The maximum Gasteiger partial charge on any atom is 0.236 e. The molecular weight excluding hydrogens is 101 g/mol. The van der Waals surface area contributed by atoms with Crippen LogP contribution in [0.1, 0.15) is 0 Å². The first-order valence-corrected chi connectivity index (χ1v) is 2.18. The van der Waals surface area contributed by atoms with Crippen molar-refractivity contribution in [2.24, 2.45) is 5.73 Å². The van der Waals surface area contributed by atoms with E-state index < -0.39 is 14.0 Å². The highest BCUT2D eigenvalue weighted by Crippen LogP contribution is 1.87. The second kappa shape index (κ2) is 2.94. The van der Waals surface area contributed by atoms with Gasteiger partial charge in [0.2, 0.25) is 14.0 Å². The average Bonchev–Trinajstić information content (AvgIpc) is 1.65. The summed E-state index contributed by atoms with van der Waals surface area (Å²) in [4.78, 5) is 9.73. The number of hydrogen-bond donors (Lipinski definition) is 1. The summed E-state index contributed by atoms with van der Waals surface area (Å²) >= 11 is 0. The molecule has 0 fully saturated rings. The zero-order valence-corrected chi connectivity index (χ0v) is 3.94. The number of rotatable bonds is 2. The van der Waals surface area contributed by atoms with Gasteiger partial charge in [-0.1, -0.05) is 0 Å². The van der Waals surface area contributed by atoms with E-state index in [2.05, 4.69) is 0 Å². The molecule has 2 N–H and O–H groups in total. The van der Waals surface area contributed by atoms with Crippen LogP contribution in [0, 0.1) is 0 Å². The fourth-order valence-electron chi connectivity index (χ4n) is 0.0373. The summed E-state index contributed by atoms with van der Waals surface area (Å²) in [6.45, 7) is -0.134. The van der Waals surface area contributed by atoms with Crippen LogP contribution in [0.4, 0.5) is 0 Å². The molecule has 0 aliphatic carbocycles. The average molecular weight is 105 g/mol. The predicted octanol–water partition coefficient (Wildman–Crippen LogP) is -0.237. The molecule has 0 saturated carbocycles. The minimum absolute atomic E-state index is 0.134. The SMILES string of the molecule is NCC(=O)P=O. The zero-order chi connectivity index (χ0) is 4.99. The van der Waals surface area contributed by atoms with Crippen LogP contribution in [0.2, 0.25) is 0 Å². The van der Waals surface area contributed by atoms with Crippen LogP contribution < -0.4 is 5.73 Å². The van der Waals surface area contributed by atoms with Gasteiger partial charge in [-0.05, 0) is 0 Å². The second-order valence-electron chi connectivity index (χ2n) is 0.689. The fraction of sp³-hybridized carbons (Fsp3) is 0.500. The van der Waals surface area contributed by atoms with E-state index in [0.29, 0.717) is 0 Å². The van der Waals surface area contributed by atoms with Gasteiger partial charge in [0.1, 0.15) is 0 Å². The Bertz CT molecular complexity index is 71.9. The number of carbonyl (C=O) groups is 1. The van der Waals surface area contributed by atoms with E-state index in [1.54, 1.807) is 0 Å². The Kier molecular flexibility index (Phi) is 2.81. The molecule has 0 spiro atoms. The summed E-state index contributed by atoms with van der Waals surface area (Å²) in [5.41, 5.74) is 4.26. The Balaban J connectivity index is 3.23. The maximum absolute atomic E-state index is 9.73. The first-order valence-electron chi connectivity index (χ1n) is 1.37. The van der Waals surface area contributed by atoms with E-state index >= 15 is 0 Å². The third-order valence-electron chi connectivity index (χ3n) is 0.276. The quantitative estimate of drug-likeness (QED) is 0.493. The Morgan fingerprint density at radius 2 is 2.33 bits per heavy atom. The van der Waals surface area contributed by atoms with Crippen LogP contribution in [-0.4, -0.2) is 12.1 Å². The van der Waals surface area contributed by atoms with E-state index in [4.69, 9.17) is 5.73 Å². The first kappa shape index (κ1) is 5.73. The molecule has 0 saturated heterocycles. The number of nitrogens with two attached hydrogens (primary N) is 1. The summed E-state index contributed by atoms with van der Waals surface area (Å²) in [7, 11) is -0.486. The summed E-state index contributed by atoms with van der Waals surface area (Å²) in [5.74, 6) is 0. The second-order valence-corrected chi connectivity index (χ2v) is 1.37. The molecule has 34 valence electrons. The van der Waals surface area contributed by atoms with E-state index in [9.17, 15) is 9.36 Å². The van der Waals surface area contributed by atoms with Crippen LogP contribution in [0.25, 0.3) is 0 Å². The molecule has 4 heteroatoms. The number of hydrogen-bond acceptors (Lipinski definition) is 3. The van der Waals surface area contributed by atoms with E-state index in [1.807, 2.05) is 0 Å². The van der Waals surface area contributed by atoms with Crippen molar-refractivity contribution in [1.82, 2.24) is 0 Å². The van der Waals surface area contributed by atoms with Gasteiger partial charge in [0.05, 0.1) is 6.54 Å². The third kappa shape index (κ3) is 2.00. The van der Waals surface area contributed by atoms with Crippen molar-refractivity contribution in [3.63, 3.8) is 0 Å². The van der Waals surface area contributed by atoms with Gasteiger partial charge < -0.3 is 5.73 Å². The van der Waals surface area contributed by atoms with Gasteiger partial charge in [-0.2, -0.15) is 0 Å². The minimum Gasteiger partial charge on any atom is -0.323 e. The van der Waals surface area contributed by atoms with Gasteiger partial charge in [0, 0.05) is 0 Å². The Morgan fingerprint density at radius 1 is 1.83 bits per heavy atom. The molecule has 0 aliphatic heterocycles. The lowest BCUT2D eigenvalue weighted by Crippen LogP contribution is -2.05. The van der Waals surface area contributed by atoms with Gasteiger partial charge in [0.25, 0.3) is 0 Å². The topological polar surface area (TPSA) is 60.2 Å². The smallest absolute Gasteiger partial charge is 0.236 e. The molecule has 0 atom stereocenters. The molecule has 0 aromatic rings. The minimum atomic E-state index is -0.486. The third-order valence-corrected chi connectivity index (χ3v) is 0.663. The largest absolute Gasteiger partial charge is 0.323 e. The summed E-state index contributed by atoms with van der Waals surface area (Å²) < 4.78 is 9.40. The molecule has 0 heterocycles. The van der Waals surface area contributed by atoms with Gasteiger partial charge in [-0.15, -0.1) is 0 Å². The standard InChI is InChI=1S/C2H4NO2P/c3-1-2(4)6-5/h1,3H2. The van der Waals surface area contributed by atoms with Crippen molar-refractivity contribution in [2.45, 2.75) is 0 Å². The van der Waals surface area contributed by atoms with E-state index in [1.165, 1.54) is 0 Å². The van der Waals surface area contributed by atoms with Crippen LogP contribution in [0.5, 0.6) is 0 Å². The highest BCUT2D eigenvalue weighted by atomic mass is 31.1. The van der Waals surface area contributed by atoms with Crippen molar-refractivity contribution >= 4 is 14.0 Å². The number of carbonyl (C=O) groups excluding carboxylic acids is 1. The Hall–Kier alpha value is -0.270. The monoisotopic (exact) mass is 105 g/mol. The molecule has 0 aliphatic rings. The molecule has 0 bridgehead atoms. The lowest BCUT2D eigenvalue weighted by atomic mass is 10.8. The Labute approximate surface area is 36.7 Å². The van der Waals surface area contributed by atoms with Crippen LogP contribution in [-0.2, 0) is 9.36 Å². The molecule has 6 heavy (non-hydrogen) atoms. The zero-order valence-electron chi connectivity index (χ0n) is 3.05. The van der Waals surface area contributed by atoms with Crippen molar-refractivity contribution in [2.75, 3.05) is 6.54 Å². The van der Waals surface area contributed by atoms with Crippen molar-refractivity contribution in [3.05, 3.63) is 0 Å². The maximum atomic E-state index is 9.73. The predicted molar refractivity (Wildman–Crippen MR) is 21.7 cm³/mol. The molecule has 0 aromatic carbocycles. The molecular formula is C2H4NO2P. The molecule has 0 amide bonds.